The highest BCUT2D eigenvalue weighted by molar-refractivity contribution is 7.99. The maximum absolute atomic E-state index is 4.80. The molecule has 90 valence electrons. The highest BCUT2D eigenvalue weighted by Gasteiger charge is 2.15. The molecule has 2 heteroatoms. The van der Waals surface area contributed by atoms with Gasteiger partial charge in [-0.1, -0.05) is 30.5 Å². The Morgan fingerprint density at radius 3 is 2.67 bits per heavy atom. The molecule has 0 unspecified atom stereocenters. The lowest BCUT2D eigenvalue weighted by Gasteiger charge is -2.16. The zero-order valence-electron chi connectivity index (χ0n) is 10.9. The summed E-state index contributed by atoms with van der Waals surface area (Å²) in [6, 6.07) is 8.55. The Bertz CT molecular complexity index is 760. The van der Waals surface area contributed by atoms with Crippen LogP contribution in [-0.2, 0) is 0 Å². The Balaban J connectivity index is 2.38. The van der Waals surface area contributed by atoms with E-state index in [0.717, 1.165) is 16.3 Å². The van der Waals surface area contributed by atoms with Gasteiger partial charge in [0, 0.05) is 9.79 Å². The van der Waals surface area contributed by atoms with Crippen molar-refractivity contribution in [3.05, 3.63) is 51.5 Å². The van der Waals surface area contributed by atoms with Gasteiger partial charge in [-0.25, -0.2) is 4.99 Å². The van der Waals surface area contributed by atoms with Crippen molar-refractivity contribution < 1.29 is 0 Å². The molecule has 0 amide bonds. The van der Waals surface area contributed by atoms with E-state index < -0.39 is 0 Å². The second-order valence-corrected chi connectivity index (χ2v) is 5.89. The van der Waals surface area contributed by atoms with Gasteiger partial charge in [-0.3, -0.25) is 0 Å². The van der Waals surface area contributed by atoms with E-state index in [1.165, 1.54) is 26.5 Å². The van der Waals surface area contributed by atoms with Crippen LogP contribution in [0.3, 0.4) is 0 Å². The fourth-order valence-electron chi connectivity index (χ4n) is 2.23. The average molecular weight is 253 g/mol. The van der Waals surface area contributed by atoms with Crippen molar-refractivity contribution >= 4 is 24.0 Å². The standard InChI is InChI=1S/C16H15NS/c1-9-5-6-13-14(7-9)18-16-12(4)10(2)8-11(3)15(16)17-13/h5-8H,2H2,1,3-4H3. The molecular formula is C16H15NS. The average Bonchev–Trinajstić information content (AvgIpc) is 2.34. The highest BCUT2D eigenvalue weighted by Crippen LogP contribution is 2.38. The van der Waals surface area contributed by atoms with Crippen molar-refractivity contribution in [2.45, 2.75) is 30.6 Å². The fraction of sp³-hybridized carbons (Fsp3) is 0.188. The lowest BCUT2D eigenvalue weighted by molar-refractivity contribution is 1.08. The molecule has 0 N–H and O–H groups in total. The normalized spacial score (nSPS) is 12.6. The van der Waals surface area contributed by atoms with Crippen molar-refractivity contribution in [1.82, 2.24) is 0 Å². The van der Waals surface area contributed by atoms with Crippen LogP contribution < -0.4 is 10.6 Å². The molecule has 1 nitrogen and oxygen atoms in total. The van der Waals surface area contributed by atoms with Crippen molar-refractivity contribution in [3.8, 4) is 0 Å². The van der Waals surface area contributed by atoms with Gasteiger partial charge in [0.2, 0.25) is 0 Å². The number of fused-ring (bicyclic) bond motifs is 2. The van der Waals surface area contributed by atoms with Crippen molar-refractivity contribution in [3.63, 3.8) is 0 Å². The third-order valence-electron chi connectivity index (χ3n) is 3.36. The van der Waals surface area contributed by atoms with Crippen LogP contribution in [0, 0.1) is 20.8 Å². The van der Waals surface area contributed by atoms with Gasteiger partial charge in [-0.15, -0.1) is 0 Å². The lowest BCUT2D eigenvalue weighted by Crippen LogP contribution is -2.20. The van der Waals surface area contributed by atoms with Crippen molar-refractivity contribution in [2.75, 3.05) is 0 Å². The largest absolute Gasteiger partial charge is 0.246 e. The molecule has 0 fully saturated rings. The zero-order chi connectivity index (χ0) is 12.9. The number of aryl methyl sites for hydroxylation is 2. The number of nitrogens with zero attached hydrogens (tertiary/aromatic N) is 1. The lowest BCUT2D eigenvalue weighted by atomic mass is 10.1. The minimum Gasteiger partial charge on any atom is -0.246 e. The molecule has 0 saturated carbocycles. The molecule has 0 bridgehead atoms. The number of benzene rings is 2. The molecule has 18 heavy (non-hydrogen) atoms. The van der Waals surface area contributed by atoms with Crippen molar-refractivity contribution in [1.29, 1.82) is 0 Å². The first-order valence-electron chi connectivity index (χ1n) is 6.02. The molecule has 1 aliphatic rings. The Hall–Kier alpha value is -1.54. The molecule has 3 rings (SSSR count). The van der Waals surface area contributed by atoms with Gasteiger partial charge in [0.15, 0.2) is 0 Å². The van der Waals surface area contributed by atoms with Crippen LogP contribution in [0.5, 0.6) is 0 Å². The number of rotatable bonds is 0. The van der Waals surface area contributed by atoms with Gasteiger partial charge in [-0.05, 0) is 54.8 Å². The van der Waals surface area contributed by atoms with E-state index in [-0.39, 0.29) is 0 Å². The van der Waals surface area contributed by atoms with E-state index in [1.807, 2.05) is 11.8 Å². The van der Waals surface area contributed by atoms with Crippen LogP contribution in [-0.4, -0.2) is 0 Å². The maximum atomic E-state index is 4.80. The van der Waals surface area contributed by atoms with Crippen LogP contribution in [0.25, 0.3) is 6.58 Å². The summed E-state index contributed by atoms with van der Waals surface area (Å²) in [6.45, 7) is 10.5. The zero-order valence-corrected chi connectivity index (χ0v) is 11.7. The van der Waals surface area contributed by atoms with Gasteiger partial charge in [0.05, 0.1) is 11.0 Å². The first kappa shape index (κ1) is 11.5. The Kier molecular flexibility index (Phi) is 2.56. The summed E-state index contributed by atoms with van der Waals surface area (Å²) < 4.78 is 0. The van der Waals surface area contributed by atoms with Gasteiger partial charge in [0.25, 0.3) is 0 Å². The molecule has 0 aliphatic carbocycles. The van der Waals surface area contributed by atoms with Gasteiger partial charge < -0.3 is 0 Å². The minimum absolute atomic E-state index is 1.08. The van der Waals surface area contributed by atoms with Gasteiger partial charge in [0.1, 0.15) is 0 Å². The van der Waals surface area contributed by atoms with Crippen LogP contribution in [0.4, 0.5) is 5.69 Å². The third-order valence-corrected chi connectivity index (χ3v) is 4.61. The third kappa shape index (κ3) is 1.68. The summed E-state index contributed by atoms with van der Waals surface area (Å²) in [5.74, 6) is 0. The molecule has 2 aromatic carbocycles. The Morgan fingerprint density at radius 2 is 1.89 bits per heavy atom. The molecule has 2 aromatic rings. The quantitative estimate of drug-likeness (QED) is 0.598. The molecule has 0 aromatic heterocycles. The van der Waals surface area contributed by atoms with E-state index in [0.29, 0.717) is 0 Å². The summed E-state index contributed by atoms with van der Waals surface area (Å²) in [4.78, 5) is 7.31. The van der Waals surface area contributed by atoms with Gasteiger partial charge in [-0.2, -0.15) is 0 Å². The Labute approximate surface area is 111 Å². The molecule has 0 saturated heterocycles. The van der Waals surface area contributed by atoms with Crippen LogP contribution in [0.15, 0.2) is 39.0 Å². The predicted octanol–water partition coefficient (Wildman–Crippen LogP) is 3.44. The molecule has 0 atom stereocenters. The smallest absolute Gasteiger partial charge is 0.0809 e. The summed E-state index contributed by atoms with van der Waals surface area (Å²) >= 11 is 1.82. The SMILES string of the molecule is C=c1cc(C)c2c(c1C)Sc1cc(C)ccc1N=2. The highest BCUT2D eigenvalue weighted by atomic mass is 32.2. The van der Waals surface area contributed by atoms with E-state index in [2.05, 4.69) is 51.6 Å². The first-order chi connectivity index (χ1) is 8.56. The summed E-state index contributed by atoms with van der Waals surface area (Å²) in [5.41, 5.74) is 4.81. The molecule has 0 radical (unpaired) electrons. The second-order valence-electron chi connectivity index (χ2n) is 4.84. The van der Waals surface area contributed by atoms with E-state index in [1.54, 1.807) is 0 Å². The molecule has 1 aliphatic heterocycles. The van der Waals surface area contributed by atoms with Gasteiger partial charge >= 0.3 is 0 Å². The van der Waals surface area contributed by atoms with E-state index >= 15 is 0 Å². The van der Waals surface area contributed by atoms with E-state index in [4.69, 9.17) is 4.99 Å². The number of hydrogen-bond donors (Lipinski definition) is 0. The summed E-state index contributed by atoms with van der Waals surface area (Å²) in [5, 5.41) is 2.21. The summed E-state index contributed by atoms with van der Waals surface area (Å²) in [6.07, 6.45) is 0. The predicted molar refractivity (Wildman–Crippen MR) is 77.2 cm³/mol. The second kappa shape index (κ2) is 3.99. The topological polar surface area (TPSA) is 12.4 Å². The van der Waals surface area contributed by atoms with E-state index in [9.17, 15) is 0 Å². The minimum atomic E-state index is 1.08. The number of hydrogen-bond acceptors (Lipinski definition) is 2. The van der Waals surface area contributed by atoms with Crippen molar-refractivity contribution in [2.24, 2.45) is 4.99 Å². The molecule has 0 spiro atoms. The maximum Gasteiger partial charge on any atom is 0.0809 e. The van der Waals surface area contributed by atoms with Crippen LogP contribution in [0.2, 0.25) is 0 Å². The first-order valence-corrected chi connectivity index (χ1v) is 6.84. The van der Waals surface area contributed by atoms with Crippen LogP contribution in [0.1, 0.15) is 16.7 Å². The van der Waals surface area contributed by atoms with Crippen LogP contribution >= 0.6 is 11.8 Å². The molecule has 1 heterocycles. The monoisotopic (exact) mass is 253 g/mol. The summed E-state index contributed by atoms with van der Waals surface area (Å²) in [7, 11) is 0. The fourth-order valence-corrected chi connectivity index (χ4v) is 3.50. The molecular weight excluding hydrogens is 238 g/mol. The Morgan fingerprint density at radius 1 is 1.11 bits per heavy atom.